The molecule has 1 unspecified atom stereocenters. The van der Waals surface area contributed by atoms with Gasteiger partial charge in [0.1, 0.15) is 0 Å². The largest absolute Gasteiger partial charge is 0.461 e. The van der Waals surface area contributed by atoms with Crippen molar-refractivity contribution < 1.29 is 19.4 Å². The fourth-order valence-electron chi connectivity index (χ4n) is 3.77. The number of nitro groups is 2. The monoisotopic (exact) mass is 451 g/mol. The molecular weight excluding hydrogens is 426 g/mol. The van der Waals surface area contributed by atoms with Crippen LogP contribution in [0.4, 0.5) is 11.4 Å². The van der Waals surface area contributed by atoms with Gasteiger partial charge in [0.2, 0.25) is 0 Å². The molecule has 3 aromatic rings. The van der Waals surface area contributed by atoms with E-state index in [1.807, 2.05) is 56.6 Å². The van der Waals surface area contributed by atoms with Gasteiger partial charge in [-0.15, -0.1) is 0 Å². The van der Waals surface area contributed by atoms with Crippen LogP contribution in [-0.2, 0) is 4.74 Å². The van der Waals surface area contributed by atoms with Crippen molar-refractivity contribution in [2.75, 3.05) is 27.2 Å². The van der Waals surface area contributed by atoms with E-state index in [1.54, 1.807) is 0 Å². The minimum absolute atomic E-state index is 0.0523. The Labute approximate surface area is 190 Å². The molecule has 33 heavy (non-hydrogen) atoms. The van der Waals surface area contributed by atoms with Crippen LogP contribution in [0.15, 0.2) is 60.7 Å². The molecule has 0 heterocycles. The molecule has 0 radical (unpaired) electrons. The summed E-state index contributed by atoms with van der Waals surface area (Å²) in [6.45, 7) is 0.920. The van der Waals surface area contributed by atoms with Crippen molar-refractivity contribution in [1.82, 2.24) is 4.90 Å². The number of fused-ring (bicyclic) bond motifs is 1. The number of carbonyl (C=O) groups is 1. The molecule has 0 aromatic heterocycles. The molecule has 0 bridgehead atoms. The molecule has 0 amide bonds. The summed E-state index contributed by atoms with van der Waals surface area (Å²) in [5.74, 6) is -0.937. The minimum atomic E-state index is -0.834. The number of non-ortho nitro benzene ring substituents is 2. The number of rotatable bonds is 10. The molecule has 0 aliphatic rings. The third-order valence-electron chi connectivity index (χ3n) is 5.40. The molecule has 0 saturated heterocycles. The molecule has 0 fully saturated rings. The minimum Gasteiger partial charge on any atom is -0.461 e. The van der Waals surface area contributed by atoms with Gasteiger partial charge in [-0.3, -0.25) is 20.2 Å². The summed E-state index contributed by atoms with van der Waals surface area (Å²) >= 11 is 0. The van der Waals surface area contributed by atoms with E-state index in [1.165, 1.54) is 0 Å². The summed E-state index contributed by atoms with van der Waals surface area (Å²) in [7, 11) is 3.98. The average Bonchev–Trinajstić information content (AvgIpc) is 2.80. The van der Waals surface area contributed by atoms with Gasteiger partial charge in [-0.25, -0.2) is 4.79 Å². The zero-order valence-corrected chi connectivity index (χ0v) is 18.5. The van der Waals surface area contributed by atoms with Crippen molar-refractivity contribution >= 4 is 28.1 Å². The van der Waals surface area contributed by atoms with E-state index in [9.17, 15) is 25.0 Å². The van der Waals surface area contributed by atoms with Crippen LogP contribution in [-0.4, -0.2) is 48.0 Å². The number of ether oxygens (including phenoxy) is 1. The molecule has 1 atom stereocenters. The quantitative estimate of drug-likeness (QED) is 0.243. The Morgan fingerprint density at radius 1 is 0.970 bits per heavy atom. The highest BCUT2D eigenvalue weighted by molar-refractivity contribution is 5.91. The summed E-state index contributed by atoms with van der Waals surface area (Å²) in [5, 5.41) is 24.4. The maximum atomic E-state index is 12.7. The average molecular weight is 451 g/mol. The van der Waals surface area contributed by atoms with Crippen molar-refractivity contribution in [3.63, 3.8) is 0 Å². The van der Waals surface area contributed by atoms with Gasteiger partial charge in [0.25, 0.3) is 11.4 Å². The lowest BCUT2D eigenvalue weighted by Crippen LogP contribution is -2.17. The molecule has 172 valence electrons. The number of carbonyl (C=O) groups excluding carboxylic acids is 1. The van der Waals surface area contributed by atoms with Gasteiger partial charge in [0.15, 0.2) is 0 Å². The van der Waals surface area contributed by atoms with Gasteiger partial charge in [-0.1, -0.05) is 42.5 Å². The molecule has 0 N–H and O–H groups in total. The predicted octanol–water partition coefficient (Wildman–Crippen LogP) is 4.94. The Bertz CT molecular complexity index is 1140. The lowest BCUT2D eigenvalue weighted by molar-refractivity contribution is -0.394. The predicted molar refractivity (Wildman–Crippen MR) is 125 cm³/mol. The molecule has 0 saturated carbocycles. The Hall–Kier alpha value is -3.85. The lowest BCUT2D eigenvalue weighted by Gasteiger charge is -2.20. The maximum absolute atomic E-state index is 12.7. The van der Waals surface area contributed by atoms with Crippen molar-refractivity contribution in [3.05, 3.63) is 92.0 Å². The van der Waals surface area contributed by atoms with Crippen LogP contribution in [0.25, 0.3) is 10.8 Å². The van der Waals surface area contributed by atoms with E-state index in [2.05, 4.69) is 4.90 Å². The second kappa shape index (κ2) is 10.6. The van der Waals surface area contributed by atoms with Gasteiger partial charge in [-0.2, -0.15) is 0 Å². The van der Waals surface area contributed by atoms with Crippen LogP contribution in [0.3, 0.4) is 0 Å². The number of esters is 1. The van der Waals surface area contributed by atoms with Crippen LogP contribution >= 0.6 is 0 Å². The molecule has 0 aliphatic carbocycles. The normalized spacial score (nSPS) is 12.0. The first-order chi connectivity index (χ1) is 15.8. The molecule has 0 spiro atoms. The van der Waals surface area contributed by atoms with Crippen molar-refractivity contribution in [2.24, 2.45) is 0 Å². The maximum Gasteiger partial charge on any atom is 0.338 e. The summed E-state index contributed by atoms with van der Waals surface area (Å²) in [6.07, 6.45) is 1.63. The van der Waals surface area contributed by atoms with Gasteiger partial charge in [-0.05, 0) is 49.8 Å². The zero-order valence-electron chi connectivity index (χ0n) is 18.5. The van der Waals surface area contributed by atoms with E-state index < -0.39 is 27.2 Å². The summed E-state index contributed by atoms with van der Waals surface area (Å²) in [4.78, 5) is 35.5. The Kier molecular flexibility index (Phi) is 7.68. The van der Waals surface area contributed by atoms with Crippen molar-refractivity contribution in [2.45, 2.75) is 18.8 Å². The van der Waals surface area contributed by atoms with Crippen LogP contribution in [0, 0.1) is 20.2 Å². The summed E-state index contributed by atoms with van der Waals surface area (Å²) < 4.78 is 5.52. The fraction of sp³-hybridized carbons (Fsp3) is 0.292. The van der Waals surface area contributed by atoms with Gasteiger partial charge < -0.3 is 9.64 Å². The Morgan fingerprint density at radius 3 is 2.24 bits per heavy atom. The highest BCUT2D eigenvalue weighted by Gasteiger charge is 2.22. The van der Waals surface area contributed by atoms with Gasteiger partial charge >= 0.3 is 5.97 Å². The third-order valence-corrected chi connectivity index (χ3v) is 5.40. The Balaban J connectivity index is 1.85. The topological polar surface area (TPSA) is 116 Å². The molecule has 9 heteroatoms. The van der Waals surface area contributed by atoms with Crippen molar-refractivity contribution in [3.8, 4) is 0 Å². The van der Waals surface area contributed by atoms with Crippen molar-refractivity contribution in [1.29, 1.82) is 0 Å². The molecule has 3 aromatic carbocycles. The fourth-order valence-corrected chi connectivity index (χ4v) is 3.77. The second-order valence-electron chi connectivity index (χ2n) is 8.06. The van der Waals surface area contributed by atoms with E-state index in [4.69, 9.17) is 4.74 Å². The first-order valence-corrected chi connectivity index (χ1v) is 10.5. The van der Waals surface area contributed by atoms with E-state index in [0.29, 0.717) is 0 Å². The number of nitrogens with zero attached hydrogens (tertiary/aromatic N) is 3. The molecular formula is C24H25N3O6. The lowest BCUT2D eigenvalue weighted by atomic mass is 9.90. The third kappa shape index (κ3) is 6.11. The smallest absolute Gasteiger partial charge is 0.338 e. The van der Waals surface area contributed by atoms with E-state index in [-0.39, 0.29) is 18.1 Å². The highest BCUT2D eigenvalue weighted by Crippen LogP contribution is 2.30. The second-order valence-corrected chi connectivity index (χ2v) is 8.06. The first-order valence-electron chi connectivity index (χ1n) is 10.5. The number of nitro benzene ring substituents is 2. The standard InChI is InChI=1S/C24H25N3O6/c1-25(2)12-6-9-18(23-11-5-8-17-7-3-4-10-22(17)23)16-33-24(28)19-13-20(26(29)30)15-21(14-19)27(31)32/h3-5,7-8,10-11,13-15,18H,6,9,12,16H2,1-2H3. The van der Waals surface area contributed by atoms with Crippen LogP contribution < -0.4 is 0 Å². The molecule has 0 aliphatic heterocycles. The van der Waals surface area contributed by atoms with Crippen LogP contribution in [0.2, 0.25) is 0 Å². The highest BCUT2D eigenvalue weighted by atomic mass is 16.6. The number of benzene rings is 3. The number of hydrogen-bond donors (Lipinski definition) is 0. The van der Waals surface area contributed by atoms with Crippen LogP contribution in [0.5, 0.6) is 0 Å². The molecule has 9 nitrogen and oxygen atoms in total. The summed E-state index contributed by atoms with van der Waals surface area (Å²) in [5.41, 5.74) is -0.244. The molecule has 3 rings (SSSR count). The van der Waals surface area contributed by atoms with E-state index >= 15 is 0 Å². The van der Waals surface area contributed by atoms with Gasteiger partial charge in [0.05, 0.1) is 28.1 Å². The van der Waals surface area contributed by atoms with E-state index in [0.717, 1.165) is 53.9 Å². The van der Waals surface area contributed by atoms with Gasteiger partial charge in [0, 0.05) is 18.1 Å². The first kappa shape index (κ1) is 23.8. The zero-order chi connectivity index (χ0) is 24.0. The Morgan fingerprint density at radius 2 is 1.61 bits per heavy atom. The number of hydrogen-bond acceptors (Lipinski definition) is 7. The SMILES string of the molecule is CN(C)CCCC(COC(=O)c1cc([N+](=O)[O-])cc([N+](=O)[O-])c1)c1cccc2ccccc12. The van der Waals surface area contributed by atoms with Crippen LogP contribution in [0.1, 0.15) is 34.7 Å². The summed E-state index contributed by atoms with van der Waals surface area (Å²) in [6, 6.07) is 16.7.